The van der Waals surface area contributed by atoms with Crippen LogP contribution in [0.25, 0.3) is 0 Å². The Bertz CT molecular complexity index is 462. The summed E-state index contributed by atoms with van der Waals surface area (Å²) in [5, 5.41) is 0. The number of aromatic nitrogens is 2. The molecular weight excluding hydrogens is 218 g/mol. The minimum atomic E-state index is -0.439. The van der Waals surface area contributed by atoms with Gasteiger partial charge in [-0.05, 0) is 12.3 Å². The van der Waals surface area contributed by atoms with Crippen molar-refractivity contribution in [2.45, 2.75) is 46.1 Å². The summed E-state index contributed by atoms with van der Waals surface area (Å²) in [6.45, 7) is 4.83. The summed E-state index contributed by atoms with van der Waals surface area (Å²) >= 11 is 0. The first kappa shape index (κ1) is 13.5. The molecule has 0 saturated carbocycles. The Morgan fingerprint density at radius 3 is 2.65 bits per heavy atom. The Morgan fingerprint density at radius 1 is 1.41 bits per heavy atom. The molecule has 1 unspecified atom stereocenters. The van der Waals surface area contributed by atoms with Gasteiger partial charge in [-0.1, -0.05) is 33.1 Å². The van der Waals surface area contributed by atoms with Crippen LogP contribution in [0.3, 0.4) is 0 Å². The first-order chi connectivity index (χ1) is 8.08. The molecule has 1 aromatic rings. The second-order valence-corrected chi connectivity index (χ2v) is 4.39. The molecule has 0 aliphatic heterocycles. The van der Waals surface area contributed by atoms with Crippen LogP contribution in [0, 0.1) is 5.92 Å². The van der Waals surface area contributed by atoms with Crippen LogP contribution in [-0.4, -0.2) is 9.55 Å². The van der Waals surface area contributed by atoms with Gasteiger partial charge in [-0.15, -0.1) is 0 Å². The summed E-state index contributed by atoms with van der Waals surface area (Å²) < 4.78 is 1.45. The Morgan fingerprint density at radius 2 is 2.12 bits per heavy atom. The number of H-pyrrole nitrogens is 1. The van der Waals surface area contributed by atoms with Gasteiger partial charge in [-0.2, -0.15) is 0 Å². The van der Waals surface area contributed by atoms with Crippen LogP contribution in [0.1, 0.15) is 39.5 Å². The van der Waals surface area contributed by atoms with E-state index in [0.29, 0.717) is 12.5 Å². The maximum atomic E-state index is 11.6. The fourth-order valence-corrected chi connectivity index (χ4v) is 1.90. The van der Waals surface area contributed by atoms with E-state index in [2.05, 4.69) is 18.8 Å². The van der Waals surface area contributed by atoms with Crippen LogP contribution in [0.2, 0.25) is 0 Å². The summed E-state index contributed by atoms with van der Waals surface area (Å²) in [7, 11) is 0. The van der Waals surface area contributed by atoms with E-state index in [-0.39, 0.29) is 5.82 Å². The van der Waals surface area contributed by atoms with Gasteiger partial charge in [-0.3, -0.25) is 14.3 Å². The smallest absolute Gasteiger partial charge is 0.329 e. The fraction of sp³-hybridized carbons (Fsp3) is 0.667. The maximum Gasteiger partial charge on any atom is 0.329 e. The molecule has 96 valence electrons. The first-order valence-electron chi connectivity index (χ1n) is 6.18. The molecule has 5 heteroatoms. The highest BCUT2D eigenvalue weighted by molar-refractivity contribution is 5.26. The number of rotatable bonds is 6. The lowest BCUT2D eigenvalue weighted by atomic mass is 9.99. The molecular formula is C12H21N3O2. The molecule has 0 spiro atoms. The monoisotopic (exact) mass is 239 g/mol. The number of nitrogen functional groups attached to an aromatic ring is 1. The van der Waals surface area contributed by atoms with Crippen molar-refractivity contribution in [1.29, 1.82) is 0 Å². The average molecular weight is 239 g/mol. The molecule has 0 saturated heterocycles. The Labute approximate surface area is 101 Å². The van der Waals surface area contributed by atoms with Gasteiger partial charge in [0.15, 0.2) is 0 Å². The highest BCUT2D eigenvalue weighted by Crippen LogP contribution is 2.15. The number of unbranched alkanes of at least 4 members (excludes halogenated alkanes) is 1. The molecule has 1 atom stereocenters. The lowest BCUT2D eigenvalue weighted by Crippen LogP contribution is -2.33. The summed E-state index contributed by atoms with van der Waals surface area (Å²) in [5.41, 5.74) is 4.85. The van der Waals surface area contributed by atoms with Crippen molar-refractivity contribution in [2.75, 3.05) is 5.73 Å². The predicted molar refractivity (Wildman–Crippen MR) is 69.0 cm³/mol. The zero-order chi connectivity index (χ0) is 12.8. The van der Waals surface area contributed by atoms with E-state index in [9.17, 15) is 9.59 Å². The minimum Gasteiger partial charge on any atom is -0.385 e. The van der Waals surface area contributed by atoms with Crippen molar-refractivity contribution in [1.82, 2.24) is 9.55 Å². The van der Waals surface area contributed by atoms with Gasteiger partial charge in [-0.25, -0.2) is 4.79 Å². The molecule has 0 amide bonds. The molecule has 0 aliphatic carbocycles. The normalized spacial score (nSPS) is 12.6. The quantitative estimate of drug-likeness (QED) is 0.786. The third-order valence-electron chi connectivity index (χ3n) is 3.05. The summed E-state index contributed by atoms with van der Waals surface area (Å²) in [6.07, 6.45) is 4.38. The lowest BCUT2D eigenvalue weighted by Gasteiger charge is -2.17. The van der Waals surface area contributed by atoms with Gasteiger partial charge in [0.1, 0.15) is 5.82 Å². The number of nitrogens with two attached hydrogens (primary N) is 1. The van der Waals surface area contributed by atoms with Crippen LogP contribution in [0.4, 0.5) is 5.82 Å². The van der Waals surface area contributed by atoms with E-state index in [1.807, 2.05) is 0 Å². The van der Waals surface area contributed by atoms with Crippen molar-refractivity contribution in [3.63, 3.8) is 0 Å². The molecule has 0 fully saturated rings. The number of nitrogens with one attached hydrogen (secondary N) is 1. The van der Waals surface area contributed by atoms with Crippen LogP contribution in [0.15, 0.2) is 15.7 Å². The van der Waals surface area contributed by atoms with Crippen molar-refractivity contribution < 1.29 is 0 Å². The zero-order valence-corrected chi connectivity index (χ0v) is 10.5. The molecule has 1 aromatic heterocycles. The highest BCUT2D eigenvalue weighted by atomic mass is 16.2. The Hall–Kier alpha value is -1.52. The van der Waals surface area contributed by atoms with Crippen LogP contribution in [-0.2, 0) is 6.54 Å². The van der Waals surface area contributed by atoms with Gasteiger partial charge >= 0.3 is 5.69 Å². The summed E-state index contributed by atoms with van der Waals surface area (Å²) in [6, 6.07) is 1.26. The minimum absolute atomic E-state index is 0.244. The van der Waals surface area contributed by atoms with Crippen LogP contribution in [0.5, 0.6) is 0 Å². The lowest BCUT2D eigenvalue weighted by molar-refractivity contribution is 0.385. The zero-order valence-electron chi connectivity index (χ0n) is 10.5. The second kappa shape index (κ2) is 6.27. The number of nitrogens with zero attached hydrogens (tertiary/aromatic N) is 1. The largest absolute Gasteiger partial charge is 0.385 e. The van der Waals surface area contributed by atoms with Gasteiger partial charge in [0, 0.05) is 12.6 Å². The van der Waals surface area contributed by atoms with Crippen LogP contribution < -0.4 is 17.0 Å². The molecule has 5 nitrogen and oxygen atoms in total. The van der Waals surface area contributed by atoms with Crippen molar-refractivity contribution >= 4 is 5.82 Å². The van der Waals surface area contributed by atoms with Gasteiger partial charge in [0.25, 0.3) is 5.56 Å². The fourth-order valence-electron chi connectivity index (χ4n) is 1.90. The SMILES string of the molecule is CCCCC(CC)Cn1c(N)cc(=O)[nH]c1=O. The van der Waals surface area contributed by atoms with E-state index in [0.717, 1.165) is 25.7 Å². The molecule has 1 rings (SSSR count). The third-order valence-corrected chi connectivity index (χ3v) is 3.05. The summed E-state index contributed by atoms with van der Waals surface area (Å²) in [4.78, 5) is 24.9. The van der Waals surface area contributed by atoms with Gasteiger partial charge < -0.3 is 5.73 Å². The topological polar surface area (TPSA) is 80.9 Å². The van der Waals surface area contributed by atoms with Crippen LogP contribution >= 0.6 is 0 Å². The Balaban J connectivity index is 2.86. The Kier molecular flexibility index (Phi) is 5.00. The van der Waals surface area contributed by atoms with E-state index in [1.165, 1.54) is 10.6 Å². The number of anilines is 1. The molecule has 0 bridgehead atoms. The molecule has 3 N–H and O–H groups in total. The van der Waals surface area contributed by atoms with E-state index < -0.39 is 11.2 Å². The number of hydrogen-bond acceptors (Lipinski definition) is 3. The first-order valence-corrected chi connectivity index (χ1v) is 6.18. The predicted octanol–water partition coefficient (Wildman–Crippen LogP) is 1.34. The van der Waals surface area contributed by atoms with Crippen molar-refractivity contribution in [2.24, 2.45) is 5.92 Å². The maximum absolute atomic E-state index is 11.6. The highest BCUT2D eigenvalue weighted by Gasteiger charge is 2.10. The van der Waals surface area contributed by atoms with Crippen molar-refractivity contribution in [3.8, 4) is 0 Å². The number of aromatic amines is 1. The molecule has 1 heterocycles. The summed E-state index contributed by atoms with van der Waals surface area (Å²) in [5.74, 6) is 0.676. The third kappa shape index (κ3) is 3.76. The van der Waals surface area contributed by atoms with Gasteiger partial charge in [0.05, 0.1) is 0 Å². The molecule has 0 aliphatic rings. The van der Waals surface area contributed by atoms with Gasteiger partial charge in [0.2, 0.25) is 0 Å². The molecule has 0 radical (unpaired) electrons. The second-order valence-electron chi connectivity index (χ2n) is 4.39. The molecule has 0 aromatic carbocycles. The number of hydrogen-bond donors (Lipinski definition) is 2. The average Bonchev–Trinajstić information content (AvgIpc) is 2.27. The molecule has 17 heavy (non-hydrogen) atoms. The van der Waals surface area contributed by atoms with E-state index in [4.69, 9.17) is 5.73 Å². The standard InChI is InChI=1S/C12H21N3O2/c1-3-5-6-9(4-2)8-15-10(13)7-11(16)14-12(15)17/h7,9H,3-6,8,13H2,1-2H3,(H,14,16,17). The van der Waals surface area contributed by atoms with Crippen molar-refractivity contribution in [3.05, 3.63) is 26.9 Å². The van der Waals surface area contributed by atoms with E-state index in [1.54, 1.807) is 0 Å². The van der Waals surface area contributed by atoms with E-state index >= 15 is 0 Å².